The van der Waals surface area contributed by atoms with Gasteiger partial charge in [0.2, 0.25) is 15.9 Å². The van der Waals surface area contributed by atoms with Crippen LogP contribution >= 0.6 is 0 Å². The van der Waals surface area contributed by atoms with E-state index in [2.05, 4.69) is 30.3 Å². The molecule has 2 fully saturated rings. The molecule has 2 aromatic carbocycles. The maximum Gasteiger partial charge on any atom is 0.246 e. The summed E-state index contributed by atoms with van der Waals surface area (Å²) < 4.78 is 49.8. The van der Waals surface area contributed by atoms with Gasteiger partial charge in [0, 0.05) is 60.5 Å². The third-order valence-corrected chi connectivity index (χ3v) is 9.82. The van der Waals surface area contributed by atoms with Crippen LogP contribution in [0.2, 0.25) is 0 Å². The number of aromatic nitrogens is 3. The molecule has 2 unspecified atom stereocenters. The number of fused-ring (bicyclic) bond motifs is 1. The van der Waals surface area contributed by atoms with Crippen LogP contribution in [-0.4, -0.2) is 53.9 Å². The summed E-state index contributed by atoms with van der Waals surface area (Å²) in [7, 11) is -3.53. The lowest BCUT2D eigenvalue weighted by molar-refractivity contribution is 0.255. The number of ether oxygens (including phenoxy) is 1. The predicted molar refractivity (Wildman–Crippen MR) is 163 cm³/mol. The Bertz CT molecular complexity index is 1680. The molecule has 0 radical (unpaired) electrons. The number of pyridine rings is 1. The molecule has 2 atom stereocenters. The number of rotatable bonds is 8. The topological polar surface area (TPSA) is 118 Å². The standard InChI is InChI=1S/C31H35FN6O3S/c1-20-15-27(38-42(39,40)24-7-3-2-4-8-24)25-9-5-6-10-26(25)30(20)41-31-29(35-13-14-36-31)21-11-12-34-28(16-21)37-23-17-22(32)18-33-19-23/h5-6,9-16,22-24,33,38H,2-4,7-8,17-19H2,1H3,(H,34,37). The van der Waals surface area contributed by atoms with Crippen molar-refractivity contribution in [2.75, 3.05) is 23.1 Å². The molecule has 0 bridgehead atoms. The van der Waals surface area contributed by atoms with Crippen molar-refractivity contribution in [3.63, 3.8) is 0 Å². The number of anilines is 2. The van der Waals surface area contributed by atoms with E-state index in [-0.39, 0.29) is 11.3 Å². The Morgan fingerprint density at radius 3 is 2.55 bits per heavy atom. The number of benzene rings is 2. The van der Waals surface area contributed by atoms with E-state index in [1.807, 2.05) is 49.4 Å². The van der Waals surface area contributed by atoms with Crippen molar-refractivity contribution in [1.29, 1.82) is 0 Å². The number of hydrogen-bond acceptors (Lipinski definition) is 8. The largest absolute Gasteiger partial charge is 0.436 e. The molecule has 0 amide bonds. The predicted octanol–water partition coefficient (Wildman–Crippen LogP) is 5.98. The highest BCUT2D eigenvalue weighted by atomic mass is 32.2. The van der Waals surface area contributed by atoms with Crippen molar-refractivity contribution in [2.24, 2.45) is 0 Å². The van der Waals surface area contributed by atoms with Crippen LogP contribution in [0.25, 0.3) is 22.0 Å². The number of nitrogens with one attached hydrogen (secondary N) is 3. The molecule has 4 aromatic rings. The van der Waals surface area contributed by atoms with Crippen molar-refractivity contribution in [3.8, 4) is 22.9 Å². The maximum absolute atomic E-state index is 13.9. The van der Waals surface area contributed by atoms with Gasteiger partial charge in [0.15, 0.2) is 0 Å². The van der Waals surface area contributed by atoms with Crippen molar-refractivity contribution in [3.05, 3.63) is 66.6 Å². The summed E-state index contributed by atoms with van der Waals surface area (Å²) in [5.74, 6) is 1.49. The molecule has 2 aliphatic rings. The molecular weight excluding hydrogens is 555 g/mol. The third-order valence-electron chi connectivity index (χ3n) is 7.97. The van der Waals surface area contributed by atoms with Crippen molar-refractivity contribution >= 4 is 32.3 Å². The first-order valence-corrected chi connectivity index (χ1v) is 16.0. The van der Waals surface area contributed by atoms with Gasteiger partial charge in [0.1, 0.15) is 23.4 Å². The molecule has 11 heteroatoms. The van der Waals surface area contributed by atoms with Gasteiger partial charge in [-0.15, -0.1) is 0 Å². The summed E-state index contributed by atoms with van der Waals surface area (Å²) >= 11 is 0. The van der Waals surface area contributed by atoms with Crippen molar-refractivity contribution in [2.45, 2.75) is 62.9 Å². The fourth-order valence-electron chi connectivity index (χ4n) is 5.88. The fraction of sp³-hybridized carbons (Fsp3) is 0.387. The highest BCUT2D eigenvalue weighted by Gasteiger charge is 2.28. The normalized spacial score (nSPS) is 19.9. The van der Waals surface area contributed by atoms with E-state index in [0.29, 0.717) is 61.2 Å². The van der Waals surface area contributed by atoms with Crippen LogP contribution in [0.5, 0.6) is 11.6 Å². The summed E-state index contributed by atoms with van der Waals surface area (Å²) in [5.41, 5.74) is 2.57. The first-order chi connectivity index (χ1) is 20.4. The van der Waals surface area contributed by atoms with E-state index in [1.54, 1.807) is 18.6 Å². The zero-order valence-corrected chi connectivity index (χ0v) is 24.3. The molecule has 2 aromatic heterocycles. The van der Waals surface area contributed by atoms with Gasteiger partial charge in [-0.3, -0.25) is 4.72 Å². The highest BCUT2D eigenvalue weighted by molar-refractivity contribution is 7.93. The Morgan fingerprint density at radius 2 is 1.74 bits per heavy atom. The van der Waals surface area contributed by atoms with Gasteiger partial charge in [-0.1, -0.05) is 43.5 Å². The molecule has 1 saturated carbocycles. The molecule has 3 N–H and O–H groups in total. The maximum atomic E-state index is 13.9. The summed E-state index contributed by atoms with van der Waals surface area (Å²) in [6, 6.07) is 13.0. The Kier molecular flexibility index (Phi) is 8.21. The fourth-order valence-corrected chi connectivity index (χ4v) is 7.48. The minimum atomic E-state index is -3.53. The number of halogens is 1. The first-order valence-electron chi connectivity index (χ1n) is 14.5. The molecule has 3 heterocycles. The average molecular weight is 591 g/mol. The number of piperidine rings is 1. The SMILES string of the molecule is Cc1cc(NS(=O)(=O)C2CCCCC2)c2ccccc2c1Oc1nccnc1-c1ccnc(NC2CNCC(F)C2)c1. The molecule has 1 saturated heterocycles. The van der Waals surface area contributed by atoms with Crippen LogP contribution in [0.4, 0.5) is 15.9 Å². The Labute approximate surface area is 245 Å². The number of hydrogen-bond donors (Lipinski definition) is 3. The lowest BCUT2D eigenvalue weighted by atomic mass is 10.0. The minimum Gasteiger partial charge on any atom is -0.436 e. The Balaban J connectivity index is 1.31. The smallest absolute Gasteiger partial charge is 0.246 e. The molecule has 42 heavy (non-hydrogen) atoms. The van der Waals surface area contributed by atoms with Gasteiger partial charge >= 0.3 is 0 Å². The van der Waals surface area contributed by atoms with Gasteiger partial charge in [-0.05, 0) is 43.5 Å². The molecule has 220 valence electrons. The van der Waals surface area contributed by atoms with E-state index in [0.717, 1.165) is 41.2 Å². The van der Waals surface area contributed by atoms with Crippen LogP contribution < -0.4 is 20.1 Å². The molecule has 1 aliphatic heterocycles. The summed E-state index contributed by atoms with van der Waals surface area (Å²) in [4.78, 5) is 13.5. The quantitative estimate of drug-likeness (QED) is 0.229. The first kappa shape index (κ1) is 28.3. The zero-order valence-electron chi connectivity index (χ0n) is 23.5. The van der Waals surface area contributed by atoms with E-state index in [9.17, 15) is 12.8 Å². The van der Waals surface area contributed by atoms with E-state index < -0.39 is 16.2 Å². The van der Waals surface area contributed by atoms with Crippen molar-refractivity contribution in [1.82, 2.24) is 20.3 Å². The number of nitrogens with zero attached hydrogens (tertiary/aromatic N) is 3. The Morgan fingerprint density at radius 1 is 0.952 bits per heavy atom. The van der Waals surface area contributed by atoms with Crippen LogP contribution in [0, 0.1) is 6.92 Å². The van der Waals surface area contributed by atoms with Crippen molar-refractivity contribution < 1.29 is 17.5 Å². The van der Waals surface area contributed by atoms with Crippen LogP contribution in [0.3, 0.4) is 0 Å². The molecule has 0 spiro atoms. The summed E-state index contributed by atoms with van der Waals surface area (Å²) in [5, 5.41) is 7.53. The minimum absolute atomic E-state index is 0.0721. The molecule has 9 nitrogen and oxygen atoms in total. The van der Waals surface area contributed by atoms with Crippen LogP contribution in [0.1, 0.15) is 44.1 Å². The van der Waals surface area contributed by atoms with Gasteiger partial charge in [0.05, 0.1) is 10.9 Å². The molecule has 1 aliphatic carbocycles. The number of sulfonamides is 1. The van der Waals surface area contributed by atoms with Gasteiger partial charge in [-0.2, -0.15) is 0 Å². The number of alkyl halides is 1. The third kappa shape index (κ3) is 6.17. The van der Waals surface area contributed by atoms with E-state index in [1.165, 1.54) is 0 Å². The molecular formula is C31H35FN6O3S. The second-order valence-electron chi connectivity index (χ2n) is 11.1. The van der Waals surface area contributed by atoms with E-state index >= 15 is 0 Å². The van der Waals surface area contributed by atoms with Gasteiger partial charge in [0.25, 0.3) is 0 Å². The van der Waals surface area contributed by atoms with Crippen LogP contribution in [-0.2, 0) is 10.0 Å². The average Bonchev–Trinajstić information content (AvgIpc) is 3.00. The lowest BCUT2D eigenvalue weighted by Gasteiger charge is -2.26. The second kappa shape index (κ2) is 12.2. The second-order valence-corrected chi connectivity index (χ2v) is 13.1. The lowest BCUT2D eigenvalue weighted by Crippen LogP contribution is -2.44. The molecule has 6 rings (SSSR count). The highest BCUT2D eigenvalue weighted by Crippen LogP contribution is 2.40. The van der Waals surface area contributed by atoms with Gasteiger partial charge < -0.3 is 15.4 Å². The summed E-state index contributed by atoms with van der Waals surface area (Å²) in [6.45, 7) is 2.92. The Hall–Kier alpha value is -3.83. The number of aryl methyl sites for hydroxylation is 1. The van der Waals surface area contributed by atoms with Gasteiger partial charge in [-0.25, -0.2) is 27.8 Å². The summed E-state index contributed by atoms with van der Waals surface area (Å²) in [6.07, 6.45) is 8.68. The zero-order chi connectivity index (χ0) is 29.1. The van der Waals surface area contributed by atoms with Crippen LogP contribution in [0.15, 0.2) is 61.1 Å². The van der Waals surface area contributed by atoms with E-state index in [4.69, 9.17) is 4.74 Å². The monoisotopic (exact) mass is 590 g/mol.